The van der Waals surface area contributed by atoms with Crippen molar-refractivity contribution in [1.29, 1.82) is 0 Å². The van der Waals surface area contributed by atoms with Crippen molar-refractivity contribution in [3.63, 3.8) is 0 Å². The van der Waals surface area contributed by atoms with E-state index in [0.29, 0.717) is 13.0 Å². The first-order chi connectivity index (χ1) is 14.2. The highest BCUT2D eigenvalue weighted by Crippen LogP contribution is 2.45. The van der Waals surface area contributed by atoms with Crippen molar-refractivity contribution in [2.24, 2.45) is 0 Å². The first-order valence-electron chi connectivity index (χ1n) is 9.73. The summed E-state index contributed by atoms with van der Waals surface area (Å²) in [6.45, 7) is 0.470. The molecular formula is C25H23NO3. The van der Waals surface area contributed by atoms with E-state index in [-0.39, 0.29) is 5.78 Å². The zero-order valence-corrected chi connectivity index (χ0v) is 16.3. The van der Waals surface area contributed by atoms with Gasteiger partial charge in [0.25, 0.3) is 0 Å². The molecule has 1 heterocycles. The lowest BCUT2D eigenvalue weighted by molar-refractivity contribution is -0.150. The lowest BCUT2D eigenvalue weighted by atomic mass is 9.75. The van der Waals surface area contributed by atoms with Crippen LogP contribution in [0.1, 0.15) is 23.1 Å². The summed E-state index contributed by atoms with van der Waals surface area (Å²) in [5, 5.41) is 0. The van der Waals surface area contributed by atoms with Gasteiger partial charge in [-0.15, -0.1) is 0 Å². The second-order valence-electron chi connectivity index (χ2n) is 7.14. The molecule has 0 aromatic heterocycles. The van der Waals surface area contributed by atoms with Crippen LogP contribution in [0.15, 0.2) is 91.0 Å². The van der Waals surface area contributed by atoms with Gasteiger partial charge in [-0.25, -0.2) is 4.79 Å². The third-order valence-corrected chi connectivity index (χ3v) is 5.65. The predicted molar refractivity (Wildman–Crippen MR) is 111 cm³/mol. The van der Waals surface area contributed by atoms with E-state index in [4.69, 9.17) is 4.74 Å². The Balaban J connectivity index is 2.06. The maximum absolute atomic E-state index is 12.8. The van der Waals surface area contributed by atoms with Crippen molar-refractivity contribution in [2.75, 3.05) is 13.7 Å². The first kappa shape index (κ1) is 19.1. The van der Waals surface area contributed by atoms with Gasteiger partial charge in [-0.2, -0.15) is 0 Å². The fourth-order valence-electron chi connectivity index (χ4n) is 4.44. The molecule has 1 fully saturated rings. The molecule has 29 heavy (non-hydrogen) atoms. The molecule has 4 rings (SSSR count). The first-order valence-corrected chi connectivity index (χ1v) is 9.73. The number of benzene rings is 3. The van der Waals surface area contributed by atoms with Crippen LogP contribution in [0.25, 0.3) is 0 Å². The smallest absolute Gasteiger partial charge is 0.330 e. The second-order valence-corrected chi connectivity index (χ2v) is 7.14. The number of hydrogen-bond acceptors (Lipinski definition) is 4. The van der Waals surface area contributed by atoms with Crippen LogP contribution < -0.4 is 0 Å². The summed E-state index contributed by atoms with van der Waals surface area (Å²) >= 11 is 0. The number of rotatable bonds is 5. The van der Waals surface area contributed by atoms with Crippen LogP contribution in [-0.4, -0.2) is 36.3 Å². The molecule has 0 N–H and O–H groups in total. The highest BCUT2D eigenvalue weighted by molar-refractivity contribution is 6.05. The number of carbonyl (C=O) groups is 2. The van der Waals surface area contributed by atoms with Gasteiger partial charge in [0.15, 0.2) is 11.8 Å². The van der Waals surface area contributed by atoms with Gasteiger partial charge < -0.3 is 4.74 Å². The third kappa shape index (κ3) is 3.15. The molecule has 0 radical (unpaired) electrons. The number of hydrogen-bond donors (Lipinski definition) is 0. The quantitative estimate of drug-likeness (QED) is 0.381. The van der Waals surface area contributed by atoms with E-state index in [1.54, 1.807) is 0 Å². The molecule has 0 spiro atoms. The second kappa shape index (κ2) is 8.02. The van der Waals surface area contributed by atoms with Gasteiger partial charge >= 0.3 is 5.97 Å². The number of ether oxygens (including phenoxy) is 1. The molecule has 4 heteroatoms. The molecule has 0 amide bonds. The van der Waals surface area contributed by atoms with E-state index >= 15 is 0 Å². The predicted octanol–water partition coefficient (Wildman–Crippen LogP) is 3.79. The molecule has 3 aromatic rings. The van der Waals surface area contributed by atoms with Gasteiger partial charge in [0.2, 0.25) is 0 Å². The number of Topliss-reactive ketones (excluding diaryl/α,β-unsaturated/α-hetero) is 1. The van der Waals surface area contributed by atoms with Crippen molar-refractivity contribution >= 4 is 11.8 Å². The standard InChI is InChI=1S/C25H23NO3/c1-29-24(28)23-22(27)17-18-26(23)25(19-11-5-2-6-12-19,20-13-7-3-8-14-20)21-15-9-4-10-16-21/h2-16,23H,17-18H2,1H3/t23-/m0/s1. The Morgan fingerprint density at radius 1 is 0.828 bits per heavy atom. The minimum Gasteiger partial charge on any atom is -0.468 e. The number of methoxy groups -OCH3 is 1. The molecule has 1 aliphatic heterocycles. The normalized spacial score (nSPS) is 17.3. The van der Waals surface area contributed by atoms with E-state index in [9.17, 15) is 9.59 Å². The Morgan fingerprint density at radius 2 is 1.24 bits per heavy atom. The zero-order chi connectivity index (χ0) is 20.3. The number of esters is 1. The topological polar surface area (TPSA) is 46.6 Å². The van der Waals surface area contributed by atoms with Crippen LogP contribution in [0, 0.1) is 0 Å². The van der Waals surface area contributed by atoms with Gasteiger partial charge in [-0.1, -0.05) is 91.0 Å². The molecule has 0 unspecified atom stereocenters. The van der Waals surface area contributed by atoms with Crippen LogP contribution in [-0.2, 0) is 19.9 Å². The van der Waals surface area contributed by atoms with Gasteiger partial charge in [0, 0.05) is 13.0 Å². The van der Waals surface area contributed by atoms with Crippen molar-refractivity contribution < 1.29 is 14.3 Å². The Labute approximate surface area is 170 Å². The highest BCUT2D eigenvalue weighted by atomic mass is 16.5. The minimum atomic E-state index is -0.944. The Kier molecular flexibility index (Phi) is 5.28. The summed E-state index contributed by atoms with van der Waals surface area (Å²) in [4.78, 5) is 27.5. The van der Waals surface area contributed by atoms with Gasteiger partial charge in [-0.05, 0) is 16.7 Å². The average Bonchev–Trinajstić information content (AvgIpc) is 3.18. The molecular weight excluding hydrogens is 362 g/mol. The van der Waals surface area contributed by atoms with Crippen LogP contribution in [0.2, 0.25) is 0 Å². The van der Waals surface area contributed by atoms with Crippen molar-refractivity contribution in [2.45, 2.75) is 18.0 Å². The zero-order valence-electron chi connectivity index (χ0n) is 16.3. The number of ketones is 1. The molecule has 3 aromatic carbocycles. The fourth-order valence-corrected chi connectivity index (χ4v) is 4.44. The number of likely N-dealkylation sites (tertiary alicyclic amines) is 1. The summed E-state index contributed by atoms with van der Waals surface area (Å²) in [5.74, 6) is -0.622. The van der Waals surface area contributed by atoms with Crippen LogP contribution >= 0.6 is 0 Å². The summed E-state index contributed by atoms with van der Waals surface area (Å²) in [5.41, 5.74) is 2.21. The lowest BCUT2D eigenvalue weighted by Crippen LogP contribution is -2.54. The minimum absolute atomic E-state index is 0.107. The third-order valence-electron chi connectivity index (χ3n) is 5.65. The van der Waals surface area contributed by atoms with E-state index in [2.05, 4.69) is 36.4 Å². The Hall–Kier alpha value is -3.24. The van der Waals surface area contributed by atoms with E-state index in [1.165, 1.54) is 7.11 Å². The molecule has 0 bridgehead atoms. The summed E-state index contributed by atoms with van der Waals surface area (Å²) in [6, 6.07) is 29.2. The molecule has 0 aliphatic carbocycles. The highest BCUT2D eigenvalue weighted by Gasteiger charge is 2.52. The van der Waals surface area contributed by atoms with Crippen molar-refractivity contribution in [1.82, 2.24) is 4.90 Å². The van der Waals surface area contributed by atoms with Gasteiger partial charge in [0.05, 0.1) is 12.6 Å². The maximum atomic E-state index is 12.8. The summed E-state index contributed by atoms with van der Waals surface area (Å²) in [7, 11) is 1.33. The average molecular weight is 385 g/mol. The SMILES string of the molecule is COC(=O)[C@@H]1C(=O)CCN1C(c1ccccc1)(c1ccccc1)c1ccccc1. The van der Waals surface area contributed by atoms with Crippen molar-refractivity contribution in [3.8, 4) is 0 Å². The Morgan fingerprint density at radius 3 is 1.62 bits per heavy atom. The molecule has 4 nitrogen and oxygen atoms in total. The van der Waals surface area contributed by atoms with Crippen LogP contribution in [0.3, 0.4) is 0 Å². The van der Waals surface area contributed by atoms with E-state index < -0.39 is 17.6 Å². The largest absolute Gasteiger partial charge is 0.468 e. The number of carbonyl (C=O) groups excluding carboxylic acids is 2. The van der Waals surface area contributed by atoms with Gasteiger partial charge in [-0.3, -0.25) is 9.69 Å². The molecule has 0 saturated carbocycles. The number of nitrogens with zero attached hydrogens (tertiary/aromatic N) is 1. The Bertz CT molecular complexity index is 890. The van der Waals surface area contributed by atoms with Gasteiger partial charge in [0.1, 0.15) is 0 Å². The lowest BCUT2D eigenvalue weighted by Gasteiger charge is -2.45. The van der Waals surface area contributed by atoms with Crippen molar-refractivity contribution in [3.05, 3.63) is 108 Å². The summed E-state index contributed by atoms with van der Waals surface area (Å²) in [6.07, 6.45) is 0.314. The maximum Gasteiger partial charge on any atom is 0.330 e. The van der Waals surface area contributed by atoms with Crippen LogP contribution in [0.4, 0.5) is 0 Å². The molecule has 1 aliphatic rings. The molecule has 1 atom stereocenters. The monoisotopic (exact) mass is 385 g/mol. The molecule has 146 valence electrons. The van der Waals surface area contributed by atoms with E-state index in [0.717, 1.165) is 16.7 Å². The fraction of sp³-hybridized carbons (Fsp3) is 0.200. The van der Waals surface area contributed by atoms with E-state index in [1.807, 2.05) is 59.5 Å². The molecule has 1 saturated heterocycles. The van der Waals surface area contributed by atoms with Crippen LogP contribution in [0.5, 0.6) is 0 Å². The summed E-state index contributed by atoms with van der Waals surface area (Å²) < 4.78 is 5.04.